The summed E-state index contributed by atoms with van der Waals surface area (Å²) in [5, 5.41) is 2.71. The average molecular weight is 281 g/mol. The Bertz CT molecular complexity index is 729. The second-order valence-corrected chi connectivity index (χ2v) is 5.25. The molecule has 1 aliphatic heterocycles. The van der Waals surface area contributed by atoms with Crippen LogP contribution in [0.25, 0.3) is 0 Å². The number of hydrogen-bond acceptors (Lipinski definition) is 3. The number of benzene rings is 2. The Balaban J connectivity index is 1.98. The predicted molar refractivity (Wildman–Crippen MR) is 79.9 cm³/mol. The van der Waals surface area contributed by atoms with Crippen molar-refractivity contribution in [3.8, 4) is 5.75 Å². The maximum atomic E-state index is 12.6. The van der Waals surface area contributed by atoms with Crippen molar-refractivity contribution in [3.63, 3.8) is 0 Å². The summed E-state index contributed by atoms with van der Waals surface area (Å²) in [5.74, 6) is 0.314. The lowest BCUT2D eigenvalue weighted by Crippen LogP contribution is -2.25. The minimum atomic E-state index is -0.210. The molecule has 0 fully saturated rings. The molecule has 0 aromatic heterocycles. The van der Waals surface area contributed by atoms with E-state index in [-0.39, 0.29) is 18.3 Å². The maximum absolute atomic E-state index is 12.6. The van der Waals surface area contributed by atoms with Gasteiger partial charge in [-0.3, -0.25) is 9.59 Å². The summed E-state index contributed by atoms with van der Waals surface area (Å²) in [6.45, 7) is 3.94. The Morgan fingerprint density at radius 3 is 2.48 bits per heavy atom. The van der Waals surface area contributed by atoms with Gasteiger partial charge in [0, 0.05) is 11.1 Å². The first-order valence-corrected chi connectivity index (χ1v) is 6.72. The summed E-state index contributed by atoms with van der Waals surface area (Å²) in [6.07, 6.45) is 0. The van der Waals surface area contributed by atoms with E-state index < -0.39 is 0 Å². The molecule has 0 aliphatic carbocycles. The third kappa shape index (κ3) is 2.65. The molecule has 1 amide bonds. The molecule has 2 aromatic rings. The number of anilines is 1. The Morgan fingerprint density at radius 2 is 1.76 bits per heavy atom. The van der Waals surface area contributed by atoms with Gasteiger partial charge in [0.25, 0.3) is 5.91 Å². The highest BCUT2D eigenvalue weighted by Crippen LogP contribution is 2.29. The highest BCUT2D eigenvalue weighted by molar-refractivity contribution is 6.10. The van der Waals surface area contributed by atoms with Crippen LogP contribution in [0, 0.1) is 13.8 Å². The van der Waals surface area contributed by atoms with Gasteiger partial charge in [-0.15, -0.1) is 0 Å². The number of hydrogen-bond donors (Lipinski definition) is 1. The van der Waals surface area contributed by atoms with Gasteiger partial charge in [-0.2, -0.15) is 0 Å². The molecule has 0 atom stereocenters. The SMILES string of the molecule is Cc1cc(C)cc(C(=O)c2ccc3c(c2)NC(=O)CO3)c1. The molecule has 21 heavy (non-hydrogen) atoms. The van der Waals surface area contributed by atoms with Crippen LogP contribution in [0.5, 0.6) is 5.75 Å². The number of fused-ring (bicyclic) bond motifs is 1. The van der Waals surface area contributed by atoms with E-state index in [0.29, 0.717) is 22.6 Å². The van der Waals surface area contributed by atoms with E-state index in [1.807, 2.05) is 32.0 Å². The minimum absolute atomic E-state index is 0.0113. The van der Waals surface area contributed by atoms with Gasteiger partial charge < -0.3 is 10.1 Å². The molecule has 2 aromatic carbocycles. The van der Waals surface area contributed by atoms with Crippen molar-refractivity contribution < 1.29 is 14.3 Å². The normalized spacial score (nSPS) is 13.1. The van der Waals surface area contributed by atoms with Crippen molar-refractivity contribution in [1.29, 1.82) is 0 Å². The van der Waals surface area contributed by atoms with E-state index in [2.05, 4.69) is 5.32 Å². The molecule has 4 heteroatoms. The Labute approximate surface area is 122 Å². The molecular weight excluding hydrogens is 266 g/mol. The lowest BCUT2D eigenvalue weighted by atomic mass is 9.99. The van der Waals surface area contributed by atoms with Gasteiger partial charge in [-0.25, -0.2) is 0 Å². The third-order valence-corrected chi connectivity index (χ3v) is 3.36. The molecule has 0 saturated carbocycles. The molecule has 106 valence electrons. The number of amides is 1. The predicted octanol–water partition coefficient (Wildman–Crippen LogP) is 2.87. The van der Waals surface area contributed by atoms with Crippen LogP contribution < -0.4 is 10.1 Å². The lowest BCUT2D eigenvalue weighted by Gasteiger charge is -2.18. The zero-order chi connectivity index (χ0) is 15.0. The monoisotopic (exact) mass is 281 g/mol. The Morgan fingerprint density at radius 1 is 1.05 bits per heavy atom. The summed E-state index contributed by atoms with van der Waals surface area (Å²) in [7, 11) is 0. The average Bonchev–Trinajstić information content (AvgIpc) is 2.44. The second kappa shape index (κ2) is 5.05. The zero-order valence-corrected chi connectivity index (χ0v) is 11.9. The summed E-state index contributed by atoms with van der Waals surface area (Å²) >= 11 is 0. The largest absolute Gasteiger partial charge is 0.482 e. The molecule has 0 spiro atoms. The van der Waals surface area contributed by atoms with Gasteiger partial charge in [0.2, 0.25) is 0 Å². The van der Waals surface area contributed by atoms with E-state index in [4.69, 9.17) is 4.74 Å². The van der Waals surface area contributed by atoms with Crippen LogP contribution in [0.2, 0.25) is 0 Å². The first kappa shape index (κ1) is 13.4. The van der Waals surface area contributed by atoms with E-state index in [9.17, 15) is 9.59 Å². The Kier molecular flexibility index (Phi) is 3.22. The van der Waals surface area contributed by atoms with Gasteiger partial charge >= 0.3 is 0 Å². The van der Waals surface area contributed by atoms with Crippen LogP contribution in [0.1, 0.15) is 27.0 Å². The Hall–Kier alpha value is -2.62. The van der Waals surface area contributed by atoms with Crippen LogP contribution in [0.15, 0.2) is 36.4 Å². The van der Waals surface area contributed by atoms with Crippen LogP contribution in [0.3, 0.4) is 0 Å². The van der Waals surface area contributed by atoms with E-state index in [1.165, 1.54) is 0 Å². The molecule has 1 aliphatic rings. The summed E-state index contributed by atoms with van der Waals surface area (Å²) in [4.78, 5) is 23.9. The maximum Gasteiger partial charge on any atom is 0.262 e. The summed E-state index contributed by atoms with van der Waals surface area (Å²) in [5.41, 5.74) is 3.82. The molecule has 4 nitrogen and oxygen atoms in total. The van der Waals surface area contributed by atoms with E-state index >= 15 is 0 Å². The number of nitrogens with one attached hydrogen (secondary N) is 1. The summed E-state index contributed by atoms with van der Waals surface area (Å²) in [6, 6.07) is 10.8. The molecule has 0 bridgehead atoms. The van der Waals surface area contributed by atoms with Gasteiger partial charge in [0.05, 0.1) is 5.69 Å². The summed E-state index contributed by atoms with van der Waals surface area (Å²) < 4.78 is 5.29. The highest BCUT2D eigenvalue weighted by atomic mass is 16.5. The molecule has 1 N–H and O–H groups in total. The van der Waals surface area contributed by atoms with Gasteiger partial charge in [0.15, 0.2) is 12.4 Å². The highest BCUT2D eigenvalue weighted by Gasteiger charge is 2.18. The smallest absolute Gasteiger partial charge is 0.262 e. The minimum Gasteiger partial charge on any atom is -0.482 e. The van der Waals surface area contributed by atoms with Gasteiger partial charge in [-0.05, 0) is 44.2 Å². The van der Waals surface area contributed by atoms with Gasteiger partial charge in [0.1, 0.15) is 5.75 Å². The van der Waals surface area contributed by atoms with Crippen LogP contribution in [0.4, 0.5) is 5.69 Å². The molecule has 0 unspecified atom stereocenters. The van der Waals surface area contributed by atoms with Gasteiger partial charge in [-0.1, -0.05) is 17.2 Å². The molecule has 3 rings (SSSR count). The molecular formula is C17H15NO3. The fraction of sp³-hybridized carbons (Fsp3) is 0.176. The number of aryl methyl sites for hydroxylation is 2. The topological polar surface area (TPSA) is 55.4 Å². The molecule has 0 saturated heterocycles. The van der Waals surface area contributed by atoms with Crippen molar-refractivity contribution in [3.05, 3.63) is 58.7 Å². The number of ketones is 1. The van der Waals surface area contributed by atoms with Crippen LogP contribution in [-0.2, 0) is 4.79 Å². The number of ether oxygens (including phenoxy) is 1. The fourth-order valence-electron chi connectivity index (χ4n) is 2.50. The third-order valence-electron chi connectivity index (χ3n) is 3.36. The second-order valence-electron chi connectivity index (χ2n) is 5.25. The van der Waals surface area contributed by atoms with Crippen molar-refractivity contribution in [2.75, 3.05) is 11.9 Å². The number of carbonyl (C=O) groups is 2. The number of rotatable bonds is 2. The first-order chi connectivity index (χ1) is 10.0. The van der Waals surface area contributed by atoms with Crippen molar-refractivity contribution in [2.24, 2.45) is 0 Å². The number of carbonyl (C=O) groups excluding carboxylic acids is 2. The first-order valence-electron chi connectivity index (χ1n) is 6.72. The fourth-order valence-corrected chi connectivity index (χ4v) is 2.50. The van der Waals surface area contributed by atoms with Crippen LogP contribution >= 0.6 is 0 Å². The van der Waals surface area contributed by atoms with Crippen molar-refractivity contribution in [2.45, 2.75) is 13.8 Å². The standard InChI is InChI=1S/C17H15NO3/c1-10-5-11(2)7-13(6-10)17(20)12-3-4-15-14(8-12)18-16(19)9-21-15/h3-8H,9H2,1-2H3,(H,18,19). The van der Waals surface area contributed by atoms with E-state index in [0.717, 1.165) is 11.1 Å². The van der Waals surface area contributed by atoms with Crippen molar-refractivity contribution >= 4 is 17.4 Å². The molecule has 0 radical (unpaired) electrons. The quantitative estimate of drug-likeness (QED) is 0.861. The van der Waals surface area contributed by atoms with Crippen molar-refractivity contribution in [1.82, 2.24) is 0 Å². The lowest BCUT2D eigenvalue weighted by molar-refractivity contribution is -0.118. The van der Waals surface area contributed by atoms with Crippen LogP contribution in [-0.4, -0.2) is 18.3 Å². The zero-order valence-electron chi connectivity index (χ0n) is 11.9. The molecule has 1 heterocycles. The van der Waals surface area contributed by atoms with E-state index in [1.54, 1.807) is 18.2 Å².